The number of H-pyrrole nitrogens is 1. The van der Waals surface area contributed by atoms with Crippen molar-refractivity contribution in [1.29, 1.82) is 0 Å². The van der Waals surface area contributed by atoms with Gasteiger partial charge in [0.15, 0.2) is 0 Å². The largest absolute Gasteiger partial charge is 0.508 e. The molecule has 2 rings (SSSR count). The number of carbonyl (C=O) groups excluding carboxylic acids is 1. The smallest absolute Gasteiger partial charge is 0.291 e. The number of aromatic amines is 1. The first-order valence-electron chi connectivity index (χ1n) is 6.35. The summed E-state index contributed by atoms with van der Waals surface area (Å²) in [7, 11) is 0. The second kappa shape index (κ2) is 5.32. The zero-order chi connectivity index (χ0) is 14.8. The van der Waals surface area contributed by atoms with Gasteiger partial charge in [-0.05, 0) is 17.7 Å². The molecule has 0 atom stereocenters. The standard InChI is InChI=1S/C14H18N4O2/c1-14(2,3)13-16-11(17-18-13)12(20)15-8-9-4-6-10(19)7-5-9/h4-7,19H,8H2,1-3H3,(H,15,20)(H,16,17,18). The average molecular weight is 274 g/mol. The number of carbonyl (C=O) groups is 1. The fraction of sp³-hybridized carbons (Fsp3) is 0.357. The van der Waals surface area contributed by atoms with E-state index in [0.717, 1.165) is 5.56 Å². The molecule has 1 amide bonds. The van der Waals surface area contributed by atoms with Crippen molar-refractivity contribution in [2.75, 3.05) is 0 Å². The van der Waals surface area contributed by atoms with Gasteiger partial charge in [-0.1, -0.05) is 32.9 Å². The number of hydrogen-bond acceptors (Lipinski definition) is 4. The molecule has 0 bridgehead atoms. The number of nitrogens with one attached hydrogen (secondary N) is 2. The van der Waals surface area contributed by atoms with Crippen LogP contribution >= 0.6 is 0 Å². The summed E-state index contributed by atoms with van der Waals surface area (Å²) >= 11 is 0. The minimum absolute atomic E-state index is 0.133. The first kappa shape index (κ1) is 14.0. The molecule has 106 valence electrons. The third-order valence-electron chi connectivity index (χ3n) is 2.79. The molecule has 0 fully saturated rings. The molecule has 0 saturated heterocycles. The van der Waals surface area contributed by atoms with Crippen molar-refractivity contribution >= 4 is 5.91 Å². The summed E-state index contributed by atoms with van der Waals surface area (Å²) < 4.78 is 0. The lowest BCUT2D eigenvalue weighted by atomic mass is 9.96. The van der Waals surface area contributed by atoms with Crippen LogP contribution in [0.2, 0.25) is 0 Å². The number of phenolic OH excluding ortho intramolecular Hbond substituents is 1. The molecule has 0 spiro atoms. The number of nitrogens with zero attached hydrogens (tertiary/aromatic N) is 2. The molecule has 3 N–H and O–H groups in total. The molecule has 0 aliphatic carbocycles. The van der Waals surface area contributed by atoms with Crippen LogP contribution in [0.4, 0.5) is 0 Å². The summed E-state index contributed by atoms with van der Waals surface area (Å²) in [6, 6.07) is 6.64. The van der Waals surface area contributed by atoms with Gasteiger partial charge in [-0.2, -0.15) is 0 Å². The summed E-state index contributed by atoms with van der Waals surface area (Å²) in [5.41, 5.74) is 0.713. The van der Waals surface area contributed by atoms with Crippen LogP contribution in [0.5, 0.6) is 5.75 Å². The average Bonchev–Trinajstić information content (AvgIpc) is 2.87. The zero-order valence-electron chi connectivity index (χ0n) is 11.8. The van der Waals surface area contributed by atoms with Crippen molar-refractivity contribution in [3.63, 3.8) is 0 Å². The second-order valence-corrected chi connectivity index (χ2v) is 5.61. The maximum atomic E-state index is 11.9. The predicted molar refractivity (Wildman–Crippen MR) is 74.4 cm³/mol. The van der Waals surface area contributed by atoms with E-state index in [9.17, 15) is 9.90 Å². The Kier molecular flexibility index (Phi) is 3.74. The van der Waals surface area contributed by atoms with Gasteiger partial charge in [0.05, 0.1) is 0 Å². The van der Waals surface area contributed by atoms with E-state index < -0.39 is 0 Å². The van der Waals surface area contributed by atoms with Gasteiger partial charge in [-0.3, -0.25) is 9.89 Å². The zero-order valence-corrected chi connectivity index (χ0v) is 11.8. The fourth-order valence-electron chi connectivity index (χ4n) is 1.57. The van der Waals surface area contributed by atoms with Crippen LogP contribution in [-0.4, -0.2) is 26.2 Å². The van der Waals surface area contributed by atoms with Crippen molar-refractivity contribution < 1.29 is 9.90 Å². The van der Waals surface area contributed by atoms with Crippen LogP contribution in [0.15, 0.2) is 24.3 Å². The molecule has 1 aromatic carbocycles. The Morgan fingerprint density at radius 3 is 2.50 bits per heavy atom. The number of phenols is 1. The number of hydrogen-bond donors (Lipinski definition) is 3. The SMILES string of the molecule is CC(C)(C)c1nc(C(=O)NCc2ccc(O)cc2)n[nH]1. The topological polar surface area (TPSA) is 90.9 Å². The van der Waals surface area contributed by atoms with E-state index in [1.807, 2.05) is 20.8 Å². The molecule has 20 heavy (non-hydrogen) atoms. The molecular weight excluding hydrogens is 256 g/mol. The van der Waals surface area contributed by atoms with Crippen molar-refractivity contribution in [3.05, 3.63) is 41.5 Å². The Balaban J connectivity index is 1.98. The summed E-state index contributed by atoms with van der Waals surface area (Å²) in [6.07, 6.45) is 0. The molecule has 1 heterocycles. The van der Waals surface area contributed by atoms with E-state index in [-0.39, 0.29) is 22.9 Å². The molecule has 0 radical (unpaired) electrons. The Morgan fingerprint density at radius 2 is 1.95 bits per heavy atom. The van der Waals surface area contributed by atoms with Gasteiger partial charge < -0.3 is 10.4 Å². The highest BCUT2D eigenvalue weighted by molar-refractivity contribution is 5.90. The van der Waals surface area contributed by atoms with Gasteiger partial charge in [-0.25, -0.2) is 4.98 Å². The highest BCUT2D eigenvalue weighted by Crippen LogP contribution is 2.17. The van der Waals surface area contributed by atoms with Crippen LogP contribution in [0, 0.1) is 0 Å². The summed E-state index contributed by atoms with van der Waals surface area (Å²) in [4.78, 5) is 16.1. The lowest BCUT2D eigenvalue weighted by Crippen LogP contribution is -2.24. The molecule has 1 aromatic heterocycles. The molecule has 0 aliphatic heterocycles. The third kappa shape index (κ3) is 3.34. The summed E-state index contributed by atoms with van der Waals surface area (Å²) in [6.45, 7) is 6.33. The van der Waals surface area contributed by atoms with Crippen molar-refractivity contribution in [2.45, 2.75) is 32.7 Å². The van der Waals surface area contributed by atoms with E-state index >= 15 is 0 Å². The Hall–Kier alpha value is -2.37. The molecular formula is C14H18N4O2. The van der Waals surface area contributed by atoms with E-state index in [4.69, 9.17) is 0 Å². The van der Waals surface area contributed by atoms with Crippen molar-refractivity contribution in [3.8, 4) is 5.75 Å². The molecule has 0 unspecified atom stereocenters. The van der Waals surface area contributed by atoms with Crippen molar-refractivity contribution in [1.82, 2.24) is 20.5 Å². The van der Waals surface area contributed by atoms with Crippen LogP contribution in [0.1, 0.15) is 42.8 Å². The maximum Gasteiger partial charge on any atom is 0.291 e. The number of aromatic hydroxyl groups is 1. The van der Waals surface area contributed by atoms with Gasteiger partial charge in [0.25, 0.3) is 5.91 Å². The number of rotatable bonds is 3. The fourth-order valence-corrected chi connectivity index (χ4v) is 1.57. The van der Waals surface area contributed by atoms with Gasteiger partial charge in [0.2, 0.25) is 5.82 Å². The third-order valence-corrected chi connectivity index (χ3v) is 2.79. The summed E-state index contributed by atoms with van der Waals surface area (Å²) in [5.74, 6) is 0.676. The Bertz CT molecular complexity index is 596. The highest BCUT2D eigenvalue weighted by atomic mass is 16.3. The van der Waals surface area contributed by atoms with Crippen LogP contribution in [-0.2, 0) is 12.0 Å². The second-order valence-electron chi connectivity index (χ2n) is 5.61. The predicted octanol–water partition coefficient (Wildman–Crippen LogP) is 1.74. The monoisotopic (exact) mass is 274 g/mol. The highest BCUT2D eigenvalue weighted by Gasteiger charge is 2.21. The Labute approximate surface area is 117 Å². The molecule has 0 saturated carbocycles. The van der Waals surface area contributed by atoms with Gasteiger partial charge in [-0.15, -0.1) is 5.10 Å². The van der Waals surface area contributed by atoms with E-state index in [2.05, 4.69) is 20.5 Å². The first-order chi connectivity index (χ1) is 9.36. The molecule has 2 aromatic rings. The van der Waals surface area contributed by atoms with Gasteiger partial charge in [0.1, 0.15) is 11.6 Å². The minimum atomic E-state index is -0.329. The van der Waals surface area contributed by atoms with Gasteiger partial charge >= 0.3 is 0 Å². The van der Waals surface area contributed by atoms with E-state index in [1.54, 1.807) is 24.3 Å². The number of amides is 1. The van der Waals surface area contributed by atoms with Crippen molar-refractivity contribution in [2.24, 2.45) is 0 Å². The van der Waals surface area contributed by atoms with Crippen LogP contribution in [0.25, 0.3) is 0 Å². The number of aromatic nitrogens is 3. The lowest BCUT2D eigenvalue weighted by molar-refractivity contribution is 0.0941. The maximum absolute atomic E-state index is 11.9. The molecule has 6 nitrogen and oxygen atoms in total. The van der Waals surface area contributed by atoms with Gasteiger partial charge in [0, 0.05) is 12.0 Å². The summed E-state index contributed by atoms with van der Waals surface area (Å²) in [5, 5.41) is 18.6. The normalized spacial score (nSPS) is 11.3. The quantitative estimate of drug-likeness (QED) is 0.795. The number of benzene rings is 1. The van der Waals surface area contributed by atoms with E-state index in [0.29, 0.717) is 12.4 Å². The minimum Gasteiger partial charge on any atom is -0.508 e. The van der Waals surface area contributed by atoms with Crippen LogP contribution < -0.4 is 5.32 Å². The molecule has 0 aliphatic rings. The first-order valence-corrected chi connectivity index (χ1v) is 6.35. The van der Waals surface area contributed by atoms with Crippen LogP contribution in [0.3, 0.4) is 0 Å². The Morgan fingerprint density at radius 1 is 1.30 bits per heavy atom. The molecule has 6 heteroatoms. The lowest BCUT2D eigenvalue weighted by Gasteiger charge is -2.12. The van der Waals surface area contributed by atoms with E-state index in [1.165, 1.54) is 0 Å².